The highest BCUT2D eigenvalue weighted by molar-refractivity contribution is 9.10. The van der Waals surface area contributed by atoms with Crippen molar-refractivity contribution in [3.8, 4) is 0 Å². The molecule has 19 heavy (non-hydrogen) atoms. The van der Waals surface area contributed by atoms with Gasteiger partial charge in [-0.3, -0.25) is 5.32 Å². The number of benzene rings is 1. The smallest absolute Gasteiger partial charge is 0.412 e. The molecule has 5 nitrogen and oxygen atoms in total. The number of carbonyl (C=O) groups excluding carboxylic acids is 1. The van der Waals surface area contributed by atoms with Crippen LogP contribution in [0.4, 0.5) is 14.9 Å². The van der Waals surface area contributed by atoms with Crippen molar-refractivity contribution in [2.45, 2.75) is 26.4 Å². The Bertz CT molecular complexity index is 525. The lowest BCUT2D eigenvalue weighted by molar-refractivity contribution is 0.0635. The second-order valence-corrected chi connectivity index (χ2v) is 5.66. The number of carboxylic acid groups (broad SMARTS) is 1. The zero-order valence-corrected chi connectivity index (χ0v) is 12.2. The van der Waals surface area contributed by atoms with Crippen LogP contribution in [0.3, 0.4) is 0 Å². The average molecular weight is 334 g/mol. The Morgan fingerprint density at radius 1 is 1.37 bits per heavy atom. The summed E-state index contributed by atoms with van der Waals surface area (Å²) in [4.78, 5) is 22.5. The standard InChI is InChI=1S/C12H13BrFNO4/c1-12(2,3)19-11(18)15-9-7(10(16)17)4-6(13)5-8(9)14/h4-5H,1-3H3,(H,15,18)(H,16,17). The van der Waals surface area contributed by atoms with E-state index in [0.717, 1.165) is 6.07 Å². The molecule has 1 aromatic rings. The molecule has 0 saturated heterocycles. The van der Waals surface area contributed by atoms with Gasteiger partial charge >= 0.3 is 12.1 Å². The summed E-state index contributed by atoms with van der Waals surface area (Å²) >= 11 is 2.98. The summed E-state index contributed by atoms with van der Waals surface area (Å²) in [5.41, 5.74) is -1.55. The van der Waals surface area contributed by atoms with Crippen LogP contribution >= 0.6 is 15.9 Å². The third kappa shape index (κ3) is 4.51. The fourth-order valence-electron chi connectivity index (χ4n) is 1.27. The zero-order valence-electron chi connectivity index (χ0n) is 10.6. The van der Waals surface area contributed by atoms with E-state index in [1.165, 1.54) is 6.07 Å². The van der Waals surface area contributed by atoms with Crippen LogP contribution in [0.15, 0.2) is 16.6 Å². The predicted molar refractivity (Wildman–Crippen MR) is 70.9 cm³/mol. The van der Waals surface area contributed by atoms with Crippen LogP contribution in [0.1, 0.15) is 31.1 Å². The molecule has 0 unspecified atom stereocenters. The lowest BCUT2D eigenvalue weighted by Gasteiger charge is -2.20. The number of amides is 1. The van der Waals surface area contributed by atoms with Gasteiger partial charge in [0.1, 0.15) is 11.4 Å². The van der Waals surface area contributed by atoms with E-state index in [-0.39, 0.29) is 10.0 Å². The lowest BCUT2D eigenvalue weighted by atomic mass is 10.1. The Hall–Kier alpha value is -1.63. The highest BCUT2D eigenvalue weighted by atomic mass is 79.9. The molecular weight excluding hydrogens is 321 g/mol. The molecule has 1 amide bonds. The summed E-state index contributed by atoms with van der Waals surface area (Å²) in [6.07, 6.45) is -0.920. The Morgan fingerprint density at radius 2 is 1.95 bits per heavy atom. The molecule has 0 atom stereocenters. The van der Waals surface area contributed by atoms with E-state index >= 15 is 0 Å². The minimum atomic E-state index is -1.36. The lowest BCUT2D eigenvalue weighted by Crippen LogP contribution is -2.28. The third-order valence-corrected chi connectivity index (χ3v) is 2.37. The van der Waals surface area contributed by atoms with Gasteiger partial charge < -0.3 is 9.84 Å². The molecule has 0 aliphatic rings. The Morgan fingerprint density at radius 3 is 2.42 bits per heavy atom. The van der Waals surface area contributed by atoms with Crippen molar-refractivity contribution in [1.29, 1.82) is 0 Å². The van der Waals surface area contributed by atoms with Gasteiger partial charge in [0.05, 0.1) is 11.3 Å². The topological polar surface area (TPSA) is 75.6 Å². The van der Waals surface area contributed by atoms with Gasteiger partial charge in [-0.15, -0.1) is 0 Å². The SMILES string of the molecule is CC(C)(C)OC(=O)Nc1c(F)cc(Br)cc1C(=O)O. The van der Waals surface area contributed by atoms with Gasteiger partial charge in [0.25, 0.3) is 0 Å². The average Bonchev–Trinajstić information content (AvgIpc) is 2.18. The van der Waals surface area contributed by atoms with Gasteiger partial charge in [-0.25, -0.2) is 14.0 Å². The van der Waals surface area contributed by atoms with Crippen LogP contribution in [-0.4, -0.2) is 22.8 Å². The number of hydrogen-bond donors (Lipinski definition) is 2. The van der Waals surface area contributed by atoms with Crippen LogP contribution in [0.2, 0.25) is 0 Å². The summed E-state index contributed by atoms with van der Waals surface area (Å²) in [5, 5.41) is 11.1. The van der Waals surface area contributed by atoms with Crippen molar-refractivity contribution in [3.05, 3.63) is 28.0 Å². The number of rotatable bonds is 2. The normalized spacial score (nSPS) is 11.0. The van der Waals surface area contributed by atoms with Crippen molar-refractivity contribution in [2.75, 3.05) is 5.32 Å². The van der Waals surface area contributed by atoms with Crippen LogP contribution < -0.4 is 5.32 Å². The molecule has 0 spiro atoms. The Kier molecular flexibility index (Phi) is 4.52. The highest BCUT2D eigenvalue weighted by Gasteiger charge is 2.21. The molecule has 0 saturated carbocycles. The minimum absolute atomic E-state index is 0.261. The van der Waals surface area contributed by atoms with E-state index < -0.39 is 29.2 Å². The molecule has 1 aromatic carbocycles. The number of ether oxygens (including phenoxy) is 1. The molecule has 0 aromatic heterocycles. The second kappa shape index (κ2) is 5.56. The molecule has 0 fully saturated rings. The van der Waals surface area contributed by atoms with Gasteiger partial charge in [0.2, 0.25) is 0 Å². The first-order valence-electron chi connectivity index (χ1n) is 5.32. The van der Waals surface area contributed by atoms with Crippen molar-refractivity contribution in [3.63, 3.8) is 0 Å². The number of anilines is 1. The van der Waals surface area contributed by atoms with Crippen molar-refractivity contribution in [1.82, 2.24) is 0 Å². The molecule has 0 aliphatic carbocycles. The van der Waals surface area contributed by atoms with E-state index in [2.05, 4.69) is 21.2 Å². The zero-order chi connectivity index (χ0) is 14.8. The van der Waals surface area contributed by atoms with E-state index in [9.17, 15) is 14.0 Å². The quantitative estimate of drug-likeness (QED) is 0.866. The maximum atomic E-state index is 13.7. The van der Waals surface area contributed by atoms with Crippen LogP contribution in [0.5, 0.6) is 0 Å². The van der Waals surface area contributed by atoms with E-state index in [1.54, 1.807) is 20.8 Å². The molecule has 1 rings (SSSR count). The second-order valence-electron chi connectivity index (χ2n) is 4.74. The molecule has 0 radical (unpaired) electrons. The van der Waals surface area contributed by atoms with Crippen LogP contribution in [0.25, 0.3) is 0 Å². The number of carbonyl (C=O) groups is 2. The number of aromatic carboxylic acids is 1. The molecule has 104 valence electrons. The van der Waals surface area contributed by atoms with E-state index in [1.807, 2.05) is 0 Å². The number of halogens is 2. The number of carboxylic acids is 1. The first-order chi connectivity index (χ1) is 8.60. The third-order valence-electron chi connectivity index (χ3n) is 1.91. The summed E-state index contributed by atoms with van der Waals surface area (Å²) < 4.78 is 18.9. The molecule has 0 bridgehead atoms. The highest BCUT2D eigenvalue weighted by Crippen LogP contribution is 2.25. The predicted octanol–water partition coefficient (Wildman–Crippen LogP) is 3.63. The van der Waals surface area contributed by atoms with Gasteiger partial charge in [-0.1, -0.05) is 15.9 Å². The van der Waals surface area contributed by atoms with E-state index in [0.29, 0.717) is 0 Å². The first kappa shape index (κ1) is 15.4. The minimum Gasteiger partial charge on any atom is -0.478 e. The van der Waals surface area contributed by atoms with Crippen LogP contribution in [0, 0.1) is 5.82 Å². The summed E-state index contributed by atoms with van der Waals surface area (Å²) in [6.45, 7) is 4.92. The molecule has 0 aliphatic heterocycles. The Labute approximate surface area is 117 Å². The van der Waals surface area contributed by atoms with E-state index in [4.69, 9.17) is 9.84 Å². The molecule has 7 heteroatoms. The van der Waals surface area contributed by atoms with Crippen LogP contribution in [-0.2, 0) is 4.74 Å². The maximum absolute atomic E-state index is 13.7. The van der Waals surface area contributed by atoms with Crippen molar-refractivity contribution in [2.24, 2.45) is 0 Å². The van der Waals surface area contributed by atoms with Gasteiger partial charge in [-0.05, 0) is 32.9 Å². The van der Waals surface area contributed by atoms with Crippen molar-refractivity contribution < 1.29 is 23.8 Å². The summed E-state index contributed by atoms with van der Waals surface area (Å²) in [7, 11) is 0. The van der Waals surface area contributed by atoms with Crippen molar-refractivity contribution >= 4 is 33.7 Å². The Balaban J connectivity index is 3.07. The molecular formula is C12H13BrFNO4. The monoisotopic (exact) mass is 333 g/mol. The number of nitrogens with one attached hydrogen (secondary N) is 1. The largest absolute Gasteiger partial charge is 0.478 e. The fraction of sp³-hybridized carbons (Fsp3) is 0.333. The first-order valence-corrected chi connectivity index (χ1v) is 6.12. The summed E-state index contributed by atoms with van der Waals surface area (Å²) in [6, 6.07) is 2.25. The number of hydrogen-bond acceptors (Lipinski definition) is 3. The maximum Gasteiger partial charge on any atom is 0.412 e. The van der Waals surface area contributed by atoms with Gasteiger partial charge in [-0.2, -0.15) is 0 Å². The molecule has 2 N–H and O–H groups in total. The molecule has 0 heterocycles. The van der Waals surface area contributed by atoms with Gasteiger partial charge in [0, 0.05) is 4.47 Å². The summed E-state index contributed by atoms with van der Waals surface area (Å²) in [5.74, 6) is -2.22. The fourth-order valence-corrected chi connectivity index (χ4v) is 1.70. The van der Waals surface area contributed by atoms with Gasteiger partial charge in [0.15, 0.2) is 0 Å².